The second-order valence-corrected chi connectivity index (χ2v) is 6.66. The van der Waals surface area contributed by atoms with Crippen LogP contribution >= 0.6 is 11.6 Å². The summed E-state index contributed by atoms with van der Waals surface area (Å²) in [5.41, 5.74) is 3.01. The lowest BCUT2D eigenvalue weighted by Crippen LogP contribution is -2.25. The summed E-state index contributed by atoms with van der Waals surface area (Å²) in [6.07, 6.45) is 2.32. The Labute approximate surface area is 158 Å². The topological polar surface area (TPSA) is 84.2 Å². The SMILES string of the molecule is Cc1nn(Cc2ccccc2Cl)c(C)c1C(=O)NCCCCCC(=O)O. The second-order valence-electron chi connectivity index (χ2n) is 6.26. The molecule has 7 heteroatoms. The summed E-state index contributed by atoms with van der Waals surface area (Å²) >= 11 is 6.21. The summed E-state index contributed by atoms with van der Waals surface area (Å²) in [5.74, 6) is -0.935. The van der Waals surface area contributed by atoms with Crippen molar-refractivity contribution in [1.29, 1.82) is 0 Å². The molecule has 0 aliphatic rings. The van der Waals surface area contributed by atoms with E-state index in [1.165, 1.54) is 0 Å². The summed E-state index contributed by atoms with van der Waals surface area (Å²) < 4.78 is 1.79. The van der Waals surface area contributed by atoms with Gasteiger partial charge in [-0.05, 0) is 38.3 Å². The van der Waals surface area contributed by atoms with Crippen LogP contribution in [0.2, 0.25) is 5.02 Å². The van der Waals surface area contributed by atoms with Crippen molar-refractivity contribution in [3.05, 3.63) is 51.8 Å². The quantitative estimate of drug-likeness (QED) is 0.654. The number of benzene rings is 1. The van der Waals surface area contributed by atoms with Gasteiger partial charge in [-0.25, -0.2) is 0 Å². The number of carboxylic acids is 1. The lowest BCUT2D eigenvalue weighted by Gasteiger charge is -2.08. The van der Waals surface area contributed by atoms with Gasteiger partial charge in [-0.15, -0.1) is 0 Å². The molecule has 0 unspecified atom stereocenters. The summed E-state index contributed by atoms with van der Waals surface area (Å²) in [7, 11) is 0. The molecule has 2 rings (SSSR count). The number of hydrogen-bond acceptors (Lipinski definition) is 3. The number of unbranched alkanes of at least 4 members (excludes halogenated alkanes) is 2. The number of aromatic nitrogens is 2. The van der Waals surface area contributed by atoms with E-state index in [9.17, 15) is 9.59 Å². The molecule has 1 amide bonds. The number of amides is 1. The van der Waals surface area contributed by atoms with Crippen LogP contribution in [0.3, 0.4) is 0 Å². The number of halogens is 1. The minimum absolute atomic E-state index is 0.149. The normalized spacial score (nSPS) is 10.7. The van der Waals surface area contributed by atoms with Gasteiger partial charge in [0.15, 0.2) is 0 Å². The lowest BCUT2D eigenvalue weighted by molar-refractivity contribution is -0.137. The third kappa shape index (κ3) is 5.33. The van der Waals surface area contributed by atoms with Crippen LogP contribution in [0.25, 0.3) is 0 Å². The number of aryl methyl sites for hydroxylation is 1. The maximum atomic E-state index is 12.5. The second kappa shape index (κ2) is 9.38. The number of nitrogens with zero attached hydrogens (tertiary/aromatic N) is 2. The van der Waals surface area contributed by atoms with E-state index in [4.69, 9.17) is 16.7 Å². The van der Waals surface area contributed by atoms with Crippen LogP contribution in [0.4, 0.5) is 0 Å². The fourth-order valence-electron chi connectivity index (χ4n) is 2.84. The van der Waals surface area contributed by atoms with Crippen molar-refractivity contribution in [3.8, 4) is 0 Å². The number of rotatable bonds is 9. The predicted octanol–water partition coefficient (Wildman–Crippen LogP) is 3.58. The van der Waals surface area contributed by atoms with Crippen LogP contribution in [-0.4, -0.2) is 33.3 Å². The van der Waals surface area contributed by atoms with Gasteiger partial charge in [0, 0.05) is 23.7 Å². The van der Waals surface area contributed by atoms with E-state index in [1.807, 2.05) is 38.1 Å². The molecule has 26 heavy (non-hydrogen) atoms. The highest BCUT2D eigenvalue weighted by Gasteiger charge is 2.18. The molecule has 2 N–H and O–H groups in total. The van der Waals surface area contributed by atoms with Crippen molar-refractivity contribution in [2.75, 3.05) is 6.54 Å². The zero-order chi connectivity index (χ0) is 19.1. The average Bonchev–Trinajstić information content (AvgIpc) is 2.86. The van der Waals surface area contributed by atoms with E-state index in [-0.39, 0.29) is 12.3 Å². The molecule has 0 radical (unpaired) electrons. The largest absolute Gasteiger partial charge is 0.481 e. The predicted molar refractivity (Wildman–Crippen MR) is 101 cm³/mol. The molecular formula is C19H24ClN3O3. The van der Waals surface area contributed by atoms with E-state index in [1.54, 1.807) is 4.68 Å². The maximum Gasteiger partial charge on any atom is 0.303 e. The van der Waals surface area contributed by atoms with Crippen LogP contribution in [0, 0.1) is 13.8 Å². The first-order chi connectivity index (χ1) is 12.4. The number of carbonyl (C=O) groups is 2. The molecule has 1 aromatic carbocycles. The molecule has 2 aromatic rings. The minimum atomic E-state index is -0.786. The molecule has 0 atom stereocenters. The molecule has 6 nitrogen and oxygen atoms in total. The van der Waals surface area contributed by atoms with Crippen molar-refractivity contribution >= 4 is 23.5 Å². The third-order valence-corrected chi connectivity index (χ3v) is 4.61. The average molecular weight is 378 g/mol. The third-order valence-electron chi connectivity index (χ3n) is 4.24. The van der Waals surface area contributed by atoms with E-state index >= 15 is 0 Å². The van der Waals surface area contributed by atoms with Gasteiger partial charge in [-0.3, -0.25) is 14.3 Å². The molecule has 0 saturated carbocycles. The number of carbonyl (C=O) groups excluding carboxylic acids is 1. The number of aliphatic carboxylic acids is 1. The fourth-order valence-corrected chi connectivity index (χ4v) is 3.03. The Morgan fingerprint density at radius 2 is 1.92 bits per heavy atom. The Morgan fingerprint density at radius 3 is 2.62 bits per heavy atom. The van der Waals surface area contributed by atoms with Crippen molar-refractivity contribution in [2.24, 2.45) is 0 Å². The highest BCUT2D eigenvalue weighted by atomic mass is 35.5. The maximum absolute atomic E-state index is 12.5. The zero-order valence-electron chi connectivity index (χ0n) is 15.1. The monoisotopic (exact) mass is 377 g/mol. The van der Waals surface area contributed by atoms with Crippen molar-refractivity contribution in [1.82, 2.24) is 15.1 Å². The highest BCUT2D eigenvalue weighted by molar-refractivity contribution is 6.31. The number of nitrogens with one attached hydrogen (secondary N) is 1. The summed E-state index contributed by atoms with van der Waals surface area (Å²) in [6, 6.07) is 7.57. The Kier molecular flexibility index (Phi) is 7.21. The van der Waals surface area contributed by atoms with E-state index in [2.05, 4.69) is 10.4 Å². The van der Waals surface area contributed by atoms with Crippen molar-refractivity contribution in [2.45, 2.75) is 46.1 Å². The van der Waals surface area contributed by atoms with Crippen LogP contribution in [0.5, 0.6) is 0 Å². The van der Waals surface area contributed by atoms with Gasteiger partial charge in [0.05, 0.1) is 17.8 Å². The summed E-state index contributed by atoms with van der Waals surface area (Å²) in [4.78, 5) is 22.9. The first-order valence-electron chi connectivity index (χ1n) is 8.67. The van der Waals surface area contributed by atoms with E-state index in [0.717, 1.165) is 24.1 Å². The van der Waals surface area contributed by atoms with Crippen molar-refractivity contribution in [3.63, 3.8) is 0 Å². The van der Waals surface area contributed by atoms with Crippen molar-refractivity contribution < 1.29 is 14.7 Å². The molecular weight excluding hydrogens is 354 g/mol. The van der Waals surface area contributed by atoms with Gasteiger partial charge in [-0.2, -0.15) is 5.10 Å². The molecule has 0 aliphatic carbocycles. The minimum Gasteiger partial charge on any atom is -0.481 e. The fraction of sp³-hybridized carbons (Fsp3) is 0.421. The van der Waals surface area contributed by atoms with Gasteiger partial charge in [0.25, 0.3) is 5.91 Å². The smallest absolute Gasteiger partial charge is 0.303 e. The van der Waals surface area contributed by atoms with Gasteiger partial charge in [-0.1, -0.05) is 36.2 Å². The standard InChI is InChI=1S/C19H24ClN3O3/c1-13-18(19(26)21-11-7-3-4-10-17(24)25)14(2)23(22-13)12-15-8-5-6-9-16(15)20/h5-6,8-9H,3-4,7,10-12H2,1-2H3,(H,21,26)(H,24,25). The lowest BCUT2D eigenvalue weighted by atomic mass is 10.1. The highest BCUT2D eigenvalue weighted by Crippen LogP contribution is 2.19. The molecule has 0 aliphatic heterocycles. The number of carboxylic acid groups (broad SMARTS) is 1. The molecule has 1 aromatic heterocycles. The molecule has 0 spiro atoms. The van der Waals surface area contributed by atoms with E-state index in [0.29, 0.717) is 35.8 Å². The summed E-state index contributed by atoms with van der Waals surface area (Å²) in [5, 5.41) is 16.6. The Hall–Kier alpha value is -2.34. The first kappa shape index (κ1) is 20.0. The van der Waals surface area contributed by atoms with Crippen LogP contribution in [0.1, 0.15) is 53.0 Å². The molecule has 1 heterocycles. The van der Waals surface area contributed by atoms with Crippen LogP contribution < -0.4 is 5.32 Å². The van der Waals surface area contributed by atoms with Gasteiger partial charge in [0.2, 0.25) is 0 Å². The summed E-state index contributed by atoms with van der Waals surface area (Å²) in [6.45, 7) is 4.72. The first-order valence-corrected chi connectivity index (χ1v) is 9.05. The molecule has 140 valence electrons. The zero-order valence-corrected chi connectivity index (χ0v) is 15.8. The Morgan fingerprint density at radius 1 is 1.19 bits per heavy atom. The van der Waals surface area contributed by atoms with Gasteiger partial charge < -0.3 is 10.4 Å². The Balaban J connectivity index is 1.95. The van der Waals surface area contributed by atoms with Gasteiger partial charge in [0.1, 0.15) is 0 Å². The Bertz CT molecular complexity index is 786. The van der Waals surface area contributed by atoms with Crippen LogP contribution in [-0.2, 0) is 11.3 Å². The van der Waals surface area contributed by atoms with Gasteiger partial charge >= 0.3 is 5.97 Å². The number of hydrogen-bond donors (Lipinski definition) is 2. The van der Waals surface area contributed by atoms with E-state index < -0.39 is 5.97 Å². The molecule has 0 bridgehead atoms. The molecule has 0 fully saturated rings. The molecule has 0 saturated heterocycles. The van der Waals surface area contributed by atoms with Crippen LogP contribution in [0.15, 0.2) is 24.3 Å².